The quantitative estimate of drug-likeness (QED) is 0.878. The normalized spacial score (nSPS) is 17.4. The summed E-state index contributed by atoms with van der Waals surface area (Å²) < 4.78 is 27.1. The van der Waals surface area contributed by atoms with E-state index in [2.05, 4.69) is 20.6 Å². The van der Waals surface area contributed by atoms with Gasteiger partial charge in [-0.1, -0.05) is 6.07 Å². The second-order valence-electron chi connectivity index (χ2n) is 5.92. The second-order valence-corrected chi connectivity index (χ2v) is 5.92. The molecule has 2 aliphatic rings. The first-order valence-electron chi connectivity index (χ1n) is 7.55. The van der Waals surface area contributed by atoms with Crippen LogP contribution in [0.25, 0.3) is 0 Å². The van der Waals surface area contributed by atoms with Crippen LogP contribution < -0.4 is 10.6 Å². The van der Waals surface area contributed by atoms with Crippen molar-refractivity contribution >= 4 is 17.5 Å². The Hall–Kier alpha value is -2.24. The summed E-state index contributed by atoms with van der Waals surface area (Å²) >= 11 is 0. The van der Waals surface area contributed by atoms with Crippen LogP contribution in [0.1, 0.15) is 37.3 Å². The molecule has 0 spiro atoms. The summed E-state index contributed by atoms with van der Waals surface area (Å²) in [5, 5.41) is 6.13. The third-order valence-corrected chi connectivity index (χ3v) is 3.87. The van der Waals surface area contributed by atoms with Gasteiger partial charge in [-0.2, -0.15) is 4.98 Å². The van der Waals surface area contributed by atoms with Crippen molar-refractivity contribution in [3.05, 3.63) is 41.6 Å². The molecule has 0 amide bonds. The fourth-order valence-electron chi connectivity index (χ4n) is 2.33. The molecule has 0 unspecified atom stereocenters. The van der Waals surface area contributed by atoms with Gasteiger partial charge in [0, 0.05) is 18.0 Å². The summed E-state index contributed by atoms with van der Waals surface area (Å²) in [6, 6.07) is 6.31. The maximum Gasteiger partial charge on any atom is 0.225 e. The molecule has 0 saturated heterocycles. The van der Waals surface area contributed by atoms with Crippen LogP contribution >= 0.6 is 0 Å². The van der Waals surface area contributed by atoms with Gasteiger partial charge < -0.3 is 10.6 Å². The molecule has 2 aliphatic carbocycles. The van der Waals surface area contributed by atoms with E-state index in [1.54, 1.807) is 0 Å². The number of aromatic nitrogens is 2. The highest BCUT2D eigenvalue weighted by Crippen LogP contribution is 2.40. The number of hydrogen-bond acceptors (Lipinski definition) is 4. The van der Waals surface area contributed by atoms with E-state index < -0.39 is 11.6 Å². The van der Waals surface area contributed by atoms with Crippen molar-refractivity contribution in [2.24, 2.45) is 0 Å². The van der Waals surface area contributed by atoms with Gasteiger partial charge in [0.2, 0.25) is 5.95 Å². The van der Waals surface area contributed by atoms with E-state index in [1.165, 1.54) is 12.1 Å². The zero-order valence-corrected chi connectivity index (χ0v) is 11.9. The van der Waals surface area contributed by atoms with Gasteiger partial charge in [-0.3, -0.25) is 0 Å². The van der Waals surface area contributed by atoms with Crippen molar-refractivity contribution in [3.63, 3.8) is 0 Å². The molecule has 2 saturated carbocycles. The van der Waals surface area contributed by atoms with E-state index in [0.717, 1.165) is 37.4 Å². The van der Waals surface area contributed by atoms with E-state index in [-0.39, 0.29) is 5.69 Å². The average molecular weight is 302 g/mol. The molecule has 2 aromatic rings. The van der Waals surface area contributed by atoms with Crippen molar-refractivity contribution in [2.75, 3.05) is 10.6 Å². The van der Waals surface area contributed by atoms with Crippen LogP contribution in [0, 0.1) is 11.6 Å². The van der Waals surface area contributed by atoms with Crippen molar-refractivity contribution in [1.82, 2.24) is 9.97 Å². The Kier molecular flexibility index (Phi) is 3.17. The van der Waals surface area contributed by atoms with Crippen LogP contribution in [0.5, 0.6) is 0 Å². The van der Waals surface area contributed by atoms with Gasteiger partial charge in [-0.05, 0) is 37.8 Å². The van der Waals surface area contributed by atoms with Gasteiger partial charge >= 0.3 is 0 Å². The maximum absolute atomic E-state index is 13.8. The smallest absolute Gasteiger partial charge is 0.225 e. The molecule has 2 fully saturated rings. The van der Waals surface area contributed by atoms with Crippen molar-refractivity contribution in [3.8, 4) is 0 Å². The molecular weight excluding hydrogens is 286 g/mol. The predicted octanol–water partition coefficient (Wildman–Crippen LogP) is 3.95. The van der Waals surface area contributed by atoms with Crippen LogP contribution in [0.2, 0.25) is 0 Å². The molecule has 0 bridgehead atoms. The molecule has 1 aromatic carbocycles. The van der Waals surface area contributed by atoms with E-state index in [4.69, 9.17) is 0 Å². The lowest BCUT2D eigenvalue weighted by Crippen LogP contribution is -2.09. The predicted molar refractivity (Wildman–Crippen MR) is 80.3 cm³/mol. The summed E-state index contributed by atoms with van der Waals surface area (Å²) in [5.41, 5.74) is 1.04. The highest BCUT2D eigenvalue weighted by molar-refractivity contribution is 5.59. The Morgan fingerprint density at radius 1 is 1.05 bits per heavy atom. The molecule has 1 heterocycles. The van der Waals surface area contributed by atoms with Gasteiger partial charge in [0.1, 0.15) is 5.82 Å². The van der Waals surface area contributed by atoms with E-state index in [9.17, 15) is 8.78 Å². The molecule has 4 nitrogen and oxygen atoms in total. The molecule has 2 N–H and O–H groups in total. The van der Waals surface area contributed by atoms with Gasteiger partial charge in [-0.15, -0.1) is 0 Å². The number of benzene rings is 1. The van der Waals surface area contributed by atoms with Crippen molar-refractivity contribution in [2.45, 2.75) is 37.6 Å². The highest BCUT2D eigenvalue weighted by Gasteiger charge is 2.28. The summed E-state index contributed by atoms with van der Waals surface area (Å²) in [4.78, 5) is 8.89. The van der Waals surface area contributed by atoms with Crippen molar-refractivity contribution < 1.29 is 8.78 Å². The van der Waals surface area contributed by atoms with Crippen LogP contribution in [-0.2, 0) is 0 Å². The van der Waals surface area contributed by atoms with Gasteiger partial charge in [0.25, 0.3) is 0 Å². The highest BCUT2D eigenvalue weighted by atomic mass is 19.2. The Balaban J connectivity index is 1.64. The SMILES string of the molecule is Fc1cccc(Nc2cc(C3CC3)nc(NC3CC3)n2)c1F. The third-order valence-electron chi connectivity index (χ3n) is 3.87. The minimum absolute atomic E-state index is 0.0813. The van der Waals surface area contributed by atoms with Crippen LogP contribution in [0.15, 0.2) is 24.3 Å². The van der Waals surface area contributed by atoms with E-state index >= 15 is 0 Å². The van der Waals surface area contributed by atoms with Crippen LogP contribution in [0.4, 0.5) is 26.2 Å². The van der Waals surface area contributed by atoms with Gasteiger partial charge in [-0.25, -0.2) is 13.8 Å². The Labute approximate surface area is 127 Å². The summed E-state index contributed by atoms with van der Waals surface area (Å²) in [5.74, 6) is -0.264. The number of nitrogens with one attached hydrogen (secondary N) is 2. The lowest BCUT2D eigenvalue weighted by molar-refractivity contribution is 0.511. The lowest BCUT2D eigenvalue weighted by atomic mass is 10.2. The minimum Gasteiger partial charge on any atom is -0.351 e. The number of anilines is 3. The third kappa shape index (κ3) is 2.86. The molecule has 6 heteroatoms. The molecule has 22 heavy (non-hydrogen) atoms. The fraction of sp³-hybridized carbons (Fsp3) is 0.375. The average Bonchev–Trinajstić information content (AvgIpc) is 3.36. The first-order valence-corrected chi connectivity index (χ1v) is 7.55. The van der Waals surface area contributed by atoms with Crippen LogP contribution in [-0.4, -0.2) is 16.0 Å². The Morgan fingerprint density at radius 3 is 2.59 bits per heavy atom. The van der Waals surface area contributed by atoms with Gasteiger partial charge in [0.15, 0.2) is 11.6 Å². The van der Waals surface area contributed by atoms with Crippen molar-refractivity contribution in [1.29, 1.82) is 0 Å². The topological polar surface area (TPSA) is 49.8 Å². The zero-order chi connectivity index (χ0) is 15.1. The van der Waals surface area contributed by atoms with Gasteiger partial charge in [0.05, 0.1) is 11.4 Å². The molecule has 0 aliphatic heterocycles. The Bertz CT molecular complexity index is 711. The zero-order valence-electron chi connectivity index (χ0n) is 11.9. The standard InChI is InChI=1S/C16H16F2N4/c17-11-2-1-3-12(15(11)18)20-14-8-13(9-4-5-9)21-16(22-14)19-10-6-7-10/h1-3,8-10H,4-7H2,(H2,19,20,21,22). The molecule has 0 radical (unpaired) electrons. The largest absolute Gasteiger partial charge is 0.351 e. The van der Waals surface area contributed by atoms with Crippen LogP contribution in [0.3, 0.4) is 0 Å². The number of hydrogen-bond donors (Lipinski definition) is 2. The molecular formula is C16H16F2N4. The number of halogens is 2. The second kappa shape index (κ2) is 5.19. The first kappa shape index (κ1) is 13.4. The molecule has 1 aromatic heterocycles. The lowest BCUT2D eigenvalue weighted by Gasteiger charge is -2.11. The summed E-state index contributed by atoms with van der Waals surface area (Å²) in [7, 11) is 0. The van der Waals surface area contributed by atoms with E-state index in [1.807, 2.05) is 6.07 Å². The minimum atomic E-state index is -0.897. The number of rotatable bonds is 5. The summed E-state index contributed by atoms with van der Waals surface area (Å²) in [6.07, 6.45) is 4.48. The maximum atomic E-state index is 13.8. The Morgan fingerprint density at radius 2 is 1.86 bits per heavy atom. The van der Waals surface area contributed by atoms with E-state index in [0.29, 0.717) is 23.7 Å². The first-order chi connectivity index (χ1) is 10.7. The molecule has 114 valence electrons. The number of nitrogens with zero attached hydrogens (tertiary/aromatic N) is 2. The monoisotopic (exact) mass is 302 g/mol. The molecule has 4 rings (SSSR count). The summed E-state index contributed by atoms with van der Waals surface area (Å²) in [6.45, 7) is 0. The molecule has 0 atom stereocenters. The fourth-order valence-corrected chi connectivity index (χ4v) is 2.33.